The lowest BCUT2D eigenvalue weighted by Gasteiger charge is -2.28. The van der Waals surface area contributed by atoms with Crippen molar-refractivity contribution in [1.82, 2.24) is 0 Å². The van der Waals surface area contributed by atoms with Crippen molar-refractivity contribution in [2.45, 2.75) is 25.7 Å². The number of esters is 2. The van der Waals surface area contributed by atoms with Crippen molar-refractivity contribution in [1.29, 1.82) is 0 Å². The fourth-order valence-electron chi connectivity index (χ4n) is 5.96. The van der Waals surface area contributed by atoms with Crippen LogP contribution < -0.4 is 28.4 Å². The Morgan fingerprint density at radius 1 is 0.520 bits per heavy atom. The number of carbonyl (C=O) groups excluding carboxylic acids is 2. The van der Waals surface area contributed by atoms with Crippen molar-refractivity contribution in [2.24, 2.45) is 11.8 Å². The molecule has 0 saturated carbocycles. The van der Waals surface area contributed by atoms with Crippen molar-refractivity contribution in [2.75, 3.05) is 55.9 Å². The molecular formula is C40H46O10. The standard InChI is InChI=1S/C40H46O10/c1-43-33-22-30(23-34(44-2)37(33)47-5)39(41)49-19-13-18-29(20-27-14-9-7-10-15-27)32(21-28-16-11-8-12-17-28)26-50-40(42)31-24-35(45-3)38(48-6)36(25-31)46-4/h7-12,14-17,22-25,29,32H,13,18-21,26H2,1-6H3/t29-,32+/m1/s1. The molecule has 0 saturated heterocycles. The average molecular weight is 687 g/mol. The normalized spacial score (nSPS) is 11.9. The van der Waals surface area contributed by atoms with Crippen LogP contribution in [0.4, 0.5) is 0 Å². The SMILES string of the molecule is COc1cc(C(=O)OCCC[C@H](Cc2ccccc2)[C@H](COC(=O)c2cc(OC)c(OC)c(OC)c2)Cc2ccccc2)cc(OC)c1OC. The van der Waals surface area contributed by atoms with E-state index in [1.807, 2.05) is 36.4 Å². The lowest BCUT2D eigenvalue weighted by atomic mass is 9.80. The van der Waals surface area contributed by atoms with Crippen LogP contribution in [0.15, 0.2) is 84.9 Å². The van der Waals surface area contributed by atoms with E-state index in [-0.39, 0.29) is 30.6 Å². The van der Waals surface area contributed by atoms with Gasteiger partial charge in [-0.1, -0.05) is 60.7 Å². The minimum Gasteiger partial charge on any atom is -0.493 e. The number of ether oxygens (including phenoxy) is 8. The summed E-state index contributed by atoms with van der Waals surface area (Å²) in [7, 11) is 8.99. The molecule has 266 valence electrons. The molecule has 0 aliphatic rings. The van der Waals surface area contributed by atoms with Gasteiger partial charge in [0.15, 0.2) is 23.0 Å². The van der Waals surface area contributed by atoms with E-state index in [0.29, 0.717) is 52.9 Å². The van der Waals surface area contributed by atoms with E-state index >= 15 is 0 Å². The molecule has 0 spiro atoms. The maximum absolute atomic E-state index is 13.5. The maximum Gasteiger partial charge on any atom is 0.338 e. The number of carbonyl (C=O) groups is 2. The van der Waals surface area contributed by atoms with Crippen LogP contribution in [-0.4, -0.2) is 67.8 Å². The zero-order valence-electron chi connectivity index (χ0n) is 29.6. The first-order valence-electron chi connectivity index (χ1n) is 16.4. The Hall–Kier alpha value is -5.38. The zero-order valence-corrected chi connectivity index (χ0v) is 29.6. The summed E-state index contributed by atoms with van der Waals surface area (Å²) in [6.45, 7) is 0.372. The third-order valence-electron chi connectivity index (χ3n) is 8.53. The Kier molecular flexibility index (Phi) is 14.2. The van der Waals surface area contributed by atoms with Crippen LogP contribution in [0.2, 0.25) is 0 Å². The van der Waals surface area contributed by atoms with E-state index in [1.165, 1.54) is 48.2 Å². The van der Waals surface area contributed by atoms with E-state index in [9.17, 15) is 9.59 Å². The van der Waals surface area contributed by atoms with Gasteiger partial charge in [0.05, 0.1) is 67.0 Å². The first-order chi connectivity index (χ1) is 24.3. The number of methoxy groups -OCH3 is 6. The number of rotatable bonds is 19. The molecule has 0 bridgehead atoms. The van der Waals surface area contributed by atoms with Crippen LogP contribution in [0.5, 0.6) is 34.5 Å². The Balaban J connectivity index is 1.53. The zero-order chi connectivity index (χ0) is 35.9. The summed E-state index contributed by atoms with van der Waals surface area (Å²) >= 11 is 0. The summed E-state index contributed by atoms with van der Waals surface area (Å²) in [4.78, 5) is 26.5. The predicted molar refractivity (Wildman–Crippen MR) is 189 cm³/mol. The third-order valence-corrected chi connectivity index (χ3v) is 8.53. The van der Waals surface area contributed by atoms with E-state index < -0.39 is 11.9 Å². The summed E-state index contributed by atoms with van der Waals surface area (Å²) in [5.74, 6) is 1.29. The van der Waals surface area contributed by atoms with Gasteiger partial charge < -0.3 is 37.9 Å². The van der Waals surface area contributed by atoms with Crippen LogP contribution in [0.1, 0.15) is 44.7 Å². The van der Waals surface area contributed by atoms with Gasteiger partial charge in [0.2, 0.25) is 11.5 Å². The monoisotopic (exact) mass is 686 g/mol. The van der Waals surface area contributed by atoms with Gasteiger partial charge in [0, 0.05) is 5.92 Å². The minimum atomic E-state index is -0.500. The fourth-order valence-corrected chi connectivity index (χ4v) is 5.96. The van der Waals surface area contributed by atoms with Crippen molar-refractivity contribution in [3.8, 4) is 34.5 Å². The fraction of sp³-hybridized carbons (Fsp3) is 0.350. The van der Waals surface area contributed by atoms with Gasteiger partial charge in [-0.3, -0.25) is 0 Å². The van der Waals surface area contributed by atoms with E-state index in [2.05, 4.69) is 24.3 Å². The summed E-state index contributed by atoms with van der Waals surface area (Å²) in [5.41, 5.74) is 2.88. The molecular weight excluding hydrogens is 640 g/mol. The van der Waals surface area contributed by atoms with Gasteiger partial charge >= 0.3 is 11.9 Å². The molecule has 4 aromatic rings. The van der Waals surface area contributed by atoms with Gasteiger partial charge in [-0.25, -0.2) is 9.59 Å². The Labute approximate surface area is 294 Å². The number of hydrogen-bond acceptors (Lipinski definition) is 10. The first kappa shape index (κ1) is 37.4. The highest BCUT2D eigenvalue weighted by Crippen LogP contribution is 2.39. The molecule has 10 nitrogen and oxygen atoms in total. The van der Waals surface area contributed by atoms with Crippen LogP contribution >= 0.6 is 0 Å². The summed E-state index contributed by atoms with van der Waals surface area (Å²) in [5, 5.41) is 0. The Morgan fingerprint density at radius 3 is 1.32 bits per heavy atom. The summed E-state index contributed by atoms with van der Waals surface area (Å²) < 4.78 is 44.2. The highest BCUT2D eigenvalue weighted by Gasteiger charge is 2.26. The lowest BCUT2D eigenvalue weighted by molar-refractivity contribution is 0.0361. The topological polar surface area (TPSA) is 108 Å². The molecule has 0 heterocycles. The molecule has 4 rings (SSSR count). The molecule has 0 N–H and O–H groups in total. The van der Waals surface area contributed by atoms with Crippen molar-refractivity contribution >= 4 is 11.9 Å². The molecule has 0 aliphatic heterocycles. The number of hydrogen-bond donors (Lipinski definition) is 0. The molecule has 50 heavy (non-hydrogen) atoms. The van der Waals surface area contributed by atoms with Gasteiger partial charge in [-0.2, -0.15) is 0 Å². The van der Waals surface area contributed by atoms with E-state index in [1.54, 1.807) is 24.3 Å². The van der Waals surface area contributed by atoms with Crippen molar-refractivity contribution in [3.63, 3.8) is 0 Å². The van der Waals surface area contributed by atoms with Crippen molar-refractivity contribution < 1.29 is 47.5 Å². The third kappa shape index (κ3) is 9.84. The molecule has 4 aromatic carbocycles. The van der Waals surface area contributed by atoms with Gasteiger partial charge in [0.1, 0.15) is 0 Å². The van der Waals surface area contributed by atoms with Crippen LogP contribution in [0.25, 0.3) is 0 Å². The molecule has 0 amide bonds. The van der Waals surface area contributed by atoms with Crippen LogP contribution in [0.3, 0.4) is 0 Å². The largest absolute Gasteiger partial charge is 0.493 e. The van der Waals surface area contributed by atoms with Gasteiger partial charge in [-0.05, 0) is 67.0 Å². The molecule has 0 aromatic heterocycles. The molecule has 0 radical (unpaired) electrons. The summed E-state index contributed by atoms with van der Waals surface area (Å²) in [6, 6.07) is 26.7. The van der Waals surface area contributed by atoms with Gasteiger partial charge in [-0.15, -0.1) is 0 Å². The lowest BCUT2D eigenvalue weighted by Crippen LogP contribution is -2.26. The maximum atomic E-state index is 13.5. The van der Waals surface area contributed by atoms with Gasteiger partial charge in [0.25, 0.3) is 0 Å². The second kappa shape index (κ2) is 19.0. The Bertz CT molecular complexity index is 1620. The highest BCUT2D eigenvalue weighted by atomic mass is 16.5. The van der Waals surface area contributed by atoms with Crippen LogP contribution in [0, 0.1) is 11.8 Å². The molecule has 10 heteroatoms. The van der Waals surface area contributed by atoms with Crippen molar-refractivity contribution in [3.05, 3.63) is 107 Å². The minimum absolute atomic E-state index is 0.0468. The van der Waals surface area contributed by atoms with E-state index in [4.69, 9.17) is 37.9 Å². The second-order valence-corrected chi connectivity index (χ2v) is 11.6. The second-order valence-electron chi connectivity index (χ2n) is 11.6. The Morgan fingerprint density at radius 2 is 0.920 bits per heavy atom. The quantitative estimate of drug-likeness (QED) is 0.0740. The molecule has 0 fully saturated rings. The number of benzene rings is 4. The summed E-state index contributed by atoms with van der Waals surface area (Å²) in [6.07, 6.45) is 2.75. The predicted octanol–water partition coefficient (Wildman–Crippen LogP) is 7.25. The molecule has 0 unspecified atom stereocenters. The van der Waals surface area contributed by atoms with Crippen LogP contribution in [-0.2, 0) is 22.3 Å². The van der Waals surface area contributed by atoms with E-state index in [0.717, 1.165) is 18.4 Å². The smallest absolute Gasteiger partial charge is 0.338 e. The average Bonchev–Trinajstić information content (AvgIpc) is 3.16. The highest BCUT2D eigenvalue weighted by molar-refractivity contribution is 5.91. The molecule has 0 aliphatic carbocycles. The first-order valence-corrected chi connectivity index (χ1v) is 16.4. The molecule has 2 atom stereocenters.